The lowest BCUT2D eigenvalue weighted by Gasteiger charge is -2.31. The summed E-state index contributed by atoms with van der Waals surface area (Å²) in [5.74, 6) is 0.714. The van der Waals surface area contributed by atoms with Crippen molar-refractivity contribution in [2.75, 3.05) is 26.8 Å². The van der Waals surface area contributed by atoms with Crippen molar-refractivity contribution in [3.8, 4) is 0 Å². The van der Waals surface area contributed by atoms with Crippen LogP contribution in [-0.4, -0.2) is 47.9 Å². The van der Waals surface area contributed by atoms with E-state index in [1.807, 2.05) is 0 Å². The van der Waals surface area contributed by atoms with Crippen LogP contribution in [0.3, 0.4) is 0 Å². The number of ether oxygens (including phenoxy) is 1. The van der Waals surface area contributed by atoms with Crippen molar-refractivity contribution < 1.29 is 19.2 Å². The molecule has 2 rings (SSSR count). The second kappa shape index (κ2) is 5.93. The zero-order chi connectivity index (χ0) is 14.8. The molecule has 6 heteroatoms. The number of aliphatic hydroxyl groups is 1. The Kier molecular flexibility index (Phi) is 4.45. The van der Waals surface area contributed by atoms with Gasteiger partial charge in [-0.3, -0.25) is 4.79 Å². The van der Waals surface area contributed by atoms with E-state index in [2.05, 4.69) is 19.0 Å². The molecule has 1 atom stereocenters. The summed E-state index contributed by atoms with van der Waals surface area (Å²) in [5.41, 5.74) is 0.101. The van der Waals surface area contributed by atoms with Gasteiger partial charge >= 0.3 is 0 Å². The number of hydrogen-bond donors (Lipinski definition) is 1. The number of methoxy groups -OCH3 is 1. The molecular formula is C14H22N2O4. The third-order valence-corrected chi connectivity index (χ3v) is 4.28. The minimum Gasteiger partial charge on any atom is -0.396 e. The first-order valence-corrected chi connectivity index (χ1v) is 6.87. The lowest BCUT2D eigenvalue weighted by atomic mass is 9.77. The molecule has 112 valence electrons. The van der Waals surface area contributed by atoms with E-state index in [-0.39, 0.29) is 17.9 Å². The number of aromatic nitrogens is 1. The number of likely N-dealkylation sites (tertiary alicyclic amines) is 1. The number of amides is 1. The summed E-state index contributed by atoms with van der Waals surface area (Å²) in [6.45, 7) is 5.76. The summed E-state index contributed by atoms with van der Waals surface area (Å²) in [6, 6.07) is 1.61. The zero-order valence-corrected chi connectivity index (χ0v) is 12.3. The molecular weight excluding hydrogens is 260 g/mol. The van der Waals surface area contributed by atoms with Gasteiger partial charge in [0, 0.05) is 31.7 Å². The van der Waals surface area contributed by atoms with Gasteiger partial charge < -0.3 is 19.3 Å². The summed E-state index contributed by atoms with van der Waals surface area (Å²) in [6.07, 6.45) is 0.815. The van der Waals surface area contributed by atoms with Gasteiger partial charge in [-0.15, -0.1) is 0 Å². The van der Waals surface area contributed by atoms with Gasteiger partial charge in [-0.25, -0.2) is 0 Å². The topological polar surface area (TPSA) is 75.8 Å². The van der Waals surface area contributed by atoms with Crippen molar-refractivity contribution in [2.24, 2.45) is 11.3 Å². The molecule has 2 heterocycles. The standard InChI is InChI=1S/C14H22N2O4/c1-10(2)14(9-17)4-5-16(8-14)13(18)12-6-11(7-19-3)20-15-12/h6,10,17H,4-5,7-9H2,1-3H3. The monoisotopic (exact) mass is 282 g/mol. The second-order valence-electron chi connectivity index (χ2n) is 5.76. The Labute approximate surface area is 118 Å². The summed E-state index contributed by atoms with van der Waals surface area (Å²) in [5, 5.41) is 13.4. The quantitative estimate of drug-likeness (QED) is 0.881. The van der Waals surface area contributed by atoms with Crippen LogP contribution in [0.5, 0.6) is 0 Å². The Bertz CT molecular complexity index is 471. The lowest BCUT2D eigenvalue weighted by Crippen LogP contribution is -2.37. The van der Waals surface area contributed by atoms with Crippen LogP contribution in [0.4, 0.5) is 0 Å². The number of nitrogens with zero attached hydrogens (tertiary/aromatic N) is 2. The lowest BCUT2D eigenvalue weighted by molar-refractivity contribution is 0.0643. The minimum atomic E-state index is -0.200. The van der Waals surface area contributed by atoms with E-state index in [0.717, 1.165) is 6.42 Å². The van der Waals surface area contributed by atoms with Crippen molar-refractivity contribution in [3.63, 3.8) is 0 Å². The van der Waals surface area contributed by atoms with Gasteiger partial charge in [-0.2, -0.15) is 0 Å². The molecule has 0 spiro atoms. The van der Waals surface area contributed by atoms with Gasteiger partial charge in [0.25, 0.3) is 5.91 Å². The molecule has 1 aliphatic rings. The second-order valence-corrected chi connectivity index (χ2v) is 5.76. The van der Waals surface area contributed by atoms with Crippen molar-refractivity contribution in [3.05, 3.63) is 17.5 Å². The summed E-state index contributed by atoms with van der Waals surface area (Å²) >= 11 is 0. The highest BCUT2D eigenvalue weighted by Gasteiger charge is 2.42. The Morgan fingerprint density at radius 1 is 1.65 bits per heavy atom. The fourth-order valence-corrected chi connectivity index (χ4v) is 2.64. The minimum absolute atomic E-state index is 0.0994. The van der Waals surface area contributed by atoms with Gasteiger partial charge in [-0.05, 0) is 12.3 Å². The zero-order valence-electron chi connectivity index (χ0n) is 12.3. The Balaban J connectivity index is 2.07. The maximum atomic E-state index is 12.4. The summed E-state index contributed by atoms with van der Waals surface area (Å²) < 4.78 is 9.98. The number of aliphatic hydroxyl groups excluding tert-OH is 1. The molecule has 1 unspecified atom stereocenters. The number of carbonyl (C=O) groups is 1. The third-order valence-electron chi connectivity index (χ3n) is 4.28. The van der Waals surface area contributed by atoms with Crippen molar-refractivity contribution in [2.45, 2.75) is 26.9 Å². The number of carbonyl (C=O) groups excluding carboxylic acids is 1. The number of hydrogen-bond acceptors (Lipinski definition) is 5. The van der Waals surface area contributed by atoms with Gasteiger partial charge in [0.1, 0.15) is 6.61 Å². The molecule has 1 amide bonds. The maximum Gasteiger partial charge on any atom is 0.276 e. The molecule has 1 saturated heterocycles. The average molecular weight is 282 g/mol. The molecule has 0 radical (unpaired) electrons. The first-order valence-electron chi connectivity index (χ1n) is 6.87. The summed E-state index contributed by atoms with van der Waals surface area (Å²) in [7, 11) is 1.56. The van der Waals surface area contributed by atoms with Gasteiger partial charge in [0.05, 0.1) is 6.61 Å². The van der Waals surface area contributed by atoms with Crippen LogP contribution in [0.2, 0.25) is 0 Å². The highest BCUT2D eigenvalue weighted by Crippen LogP contribution is 2.37. The molecule has 0 bridgehead atoms. The van der Waals surface area contributed by atoms with Crippen LogP contribution < -0.4 is 0 Å². The predicted octanol–water partition coefficient (Wildman–Crippen LogP) is 1.30. The molecule has 1 fully saturated rings. The number of rotatable bonds is 5. The highest BCUT2D eigenvalue weighted by atomic mass is 16.5. The molecule has 6 nitrogen and oxygen atoms in total. The molecule has 20 heavy (non-hydrogen) atoms. The van der Waals surface area contributed by atoms with E-state index in [1.54, 1.807) is 18.1 Å². The van der Waals surface area contributed by atoms with Crippen molar-refractivity contribution in [1.29, 1.82) is 0 Å². The van der Waals surface area contributed by atoms with Crippen LogP contribution in [-0.2, 0) is 11.3 Å². The Morgan fingerprint density at radius 2 is 2.40 bits per heavy atom. The first kappa shape index (κ1) is 15.0. The SMILES string of the molecule is COCc1cc(C(=O)N2CCC(CO)(C(C)C)C2)no1. The van der Waals surface area contributed by atoms with Crippen molar-refractivity contribution in [1.82, 2.24) is 10.1 Å². The maximum absolute atomic E-state index is 12.4. The van der Waals surface area contributed by atoms with E-state index >= 15 is 0 Å². The Morgan fingerprint density at radius 3 is 2.95 bits per heavy atom. The van der Waals surface area contributed by atoms with Gasteiger partial charge in [0.15, 0.2) is 11.5 Å². The molecule has 0 saturated carbocycles. The van der Waals surface area contributed by atoms with Crippen molar-refractivity contribution >= 4 is 5.91 Å². The van der Waals surface area contributed by atoms with Crippen LogP contribution in [0.1, 0.15) is 36.5 Å². The van der Waals surface area contributed by atoms with E-state index in [1.165, 1.54) is 0 Å². The highest BCUT2D eigenvalue weighted by molar-refractivity contribution is 5.92. The molecule has 1 aromatic heterocycles. The third kappa shape index (κ3) is 2.71. The average Bonchev–Trinajstić information content (AvgIpc) is 3.05. The smallest absolute Gasteiger partial charge is 0.276 e. The van der Waals surface area contributed by atoms with E-state index in [4.69, 9.17) is 9.26 Å². The largest absolute Gasteiger partial charge is 0.396 e. The van der Waals surface area contributed by atoms with Crippen LogP contribution in [0.15, 0.2) is 10.6 Å². The predicted molar refractivity (Wildman–Crippen MR) is 72.1 cm³/mol. The van der Waals surface area contributed by atoms with Gasteiger partial charge in [-0.1, -0.05) is 19.0 Å². The Hall–Kier alpha value is -1.40. The van der Waals surface area contributed by atoms with Crippen LogP contribution in [0, 0.1) is 11.3 Å². The van der Waals surface area contributed by atoms with E-state index in [9.17, 15) is 9.90 Å². The van der Waals surface area contributed by atoms with Crippen LogP contribution in [0.25, 0.3) is 0 Å². The molecule has 1 N–H and O–H groups in total. The molecule has 0 aliphatic carbocycles. The first-order chi connectivity index (χ1) is 9.52. The fraction of sp³-hybridized carbons (Fsp3) is 0.714. The van der Waals surface area contributed by atoms with E-state index < -0.39 is 0 Å². The molecule has 0 aromatic carbocycles. The molecule has 1 aliphatic heterocycles. The van der Waals surface area contributed by atoms with Gasteiger partial charge in [0.2, 0.25) is 0 Å². The fourth-order valence-electron chi connectivity index (χ4n) is 2.64. The normalized spacial score (nSPS) is 22.8. The van der Waals surface area contributed by atoms with E-state index in [0.29, 0.717) is 37.1 Å². The molecule has 1 aromatic rings. The summed E-state index contributed by atoms with van der Waals surface area (Å²) in [4.78, 5) is 14.1. The van der Waals surface area contributed by atoms with Crippen LogP contribution >= 0.6 is 0 Å².